The van der Waals surface area contributed by atoms with Gasteiger partial charge in [-0.05, 0) is 37.8 Å². The Morgan fingerprint density at radius 3 is 1.18 bits per heavy atom. The molecule has 0 aliphatic carbocycles. The lowest BCUT2D eigenvalue weighted by atomic mass is 10.0. The first-order valence-electron chi connectivity index (χ1n) is 20.5. The number of aryl methyl sites for hydroxylation is 2. The number of hydrogen-bond acceptors (Lipinski definition) is 0. The Morgan fingerprint density at radius 2 is 0.778 bits per heavy atom. The average molecular weight is 622 g/mol. The van der Waals surface area contributed by atoms with E-state index in [4.69, 9.17) is 0 Å². The third-order valence-electron chi connectivity index (χ3n) is 10.0. The van der Waals surface area contributed by atoms with Gasteiger partial charge in [-0.15, -0.1) is 0 Å². The minimum absolute atomic E-state index is 1.15. The summed E-state index contributed by atoms with van der Waals surface area (Å²) in [5, 5.41) is 0. The van der Waals surface area contributed by atoms with Crippen molar-refractivity contribution < 1.29 is 4.57 Å². The predicted molar refractivity (Wildman–Crippen MR) is 200 cm³/mol. The summed E-state index contributed by atoms with van der Waals surface area (Å²) in [5.74, 6) is 1.41. The monoisotopic (exact) mass is 622 g/mol. The highest BCUT2D eigenvalue weighted by molar-refractivity contribution is 5.52. The second kappa shape index (κ2) is 29.8. The molecule has 0 fully saturated rings. The lowest BCUT2D eigenvalue weighted by Gasteiger charge is -2.07. The molecular formula is C43H77N2+. The van der Waals surface area contributed by atoms with Gasteiger partial charge >= 0.3 is 0 Å². The van der Waals surface area contributed by atoms with E-state index in [1.54, 1.807) is 0 Å². The summed E-state index contributed by atoms with van der Waals surface area (Å²) in [4.78, 5) is 0. The summed E-state index contributed by atoms with van der Waals surface area (Å²) in [6, 6.07) is 11.1. The van der Waals surface area contributed by atoms with Gasteiger partial charge in [0, 0.05) is 0 Å². The summed E-state index contributed by atoms with van der Waals surface area (Å²) in [7, 11) is 0. The molecule has 1 heterocycles. The Hall–Kier alpha value is -1.57. The molecule has 1 aromatic carbocycles. The first-order valence-corrected chi connectivity index (χ1v) is 20.5. The Bertz CT molecular complexity index is 869. The van der Waals surface area contributed by atoms with E-state index >= 15 is 0 Å². The Balaban J connectivity index is 1.52. The fourth-order valence-corrected chi connectivity index (χ4v) is 7.05. The highest BCUT2D eigenvalue weighted by Crippen LogP contribution is 2.19. The molecule has 258 valence electrons. The predicted octanol–water partition coefficient (Wildman–Crippen LogP) is 14.2. The lowest BCUT2D eigenvalue weighted by Crippen LogP contribution is -2.34. The Morgan fingerprint density at radius 1 is 0.422 bits per heavy atom. The van der Waals surface area contributed by atoms with E-state index in [-0.39, 0.29) is 0 Å². The van der Waals surface area contributed by atoms with Crippen LogP contribution in [0.5, 0.6) is 0 Å². The topological polar surface area (TPSA) is 8.81 Å². The van der Waals surface area contributed by atoms with Crippen LogP contribution in [0, 0.1) is 0 Å². The van der Waals surface area contributed by atoms with E-state index < -0.39 is 0 Å². The molecule has 1 aromatic heterocycles. The number of unbranched alkanes of at least 4 members (excludes halogenated alkanes) is 28. The maximum atomic E-state index is 2.53. The number of imidazole rings is 1. The second-order valence-corrected chi connectivity index (χ2v) is 14.3. The molecule has 0 atom stereocenters. The van der Waals surface area contributed by atoms with Crippen molar-refractivity contribution in [1.29, 1.82) is 0 Å². The standard InChI is InChI=1S/C43H77N2/c1-3-5-7-9-11-13-15-17-18-19-20-22-24-26-28-30-35-39-45-41-40-44(43(45)42-36-32-31-33-37-42)38-34-29-27-25-23-21-16-14-12-10-8-6-4-2/h31-33,36-37,40-41H,3-30,34-35,38-39H2,1-2H3/q+1. The molecule has 2 nitrogen and oxygen atoms in total. The van der Waals surface area contributed by atoms with E-state index in [9.17, 15) is 0 Å². The molecule has 0 spiro atoms. The number of benzene rings is 1. The SMILES string of the molecule is CCCCCCCCCCCCCCCCCCCn1cc[n+](CCCCCCCCCCCCCCC)c1-c1ccccc1. The summed E-state index contributed by atoms with van der Waals surface area (Å²) in [5.41, 5.74) is 1.36. The van der Waals surface area contributed by atoms with Crippen molar-refractivity contribution in [2.75, 3.05) is 0 Å². The molecule has 0 aliphatic heterocycles. The maximum Gasteiger partial charge on any atom is 0.288 e. The van der Waals surface area contributed by atoms with E-state index in [2.05, 4.69) is 65.7 Å². The highest BCUT2D eigenvalue weighted by atomic mass is 15.1. The lowest BCUT2D eigenvalue weighted by molar-refractivity contribution is -0.686. The van der Waals surface area contributed by atoms with Crippen LogP contribution < -0.4 is 4.57 Å². The molecule has 0 aliphatic rings. The van der Waals surface area contributed by atoms with Gasteiger partial charge in [0.1, 0.15) is 12.4 Å². The smallest absolute Gasteiger partial charge is 0.230 e. The van der Waals surface area contributed by atoms with Crippen LogP contribution in [0.25, 0.3) is 11.4 Å². The Kier molecular flexibility index (Phi) is 26.2. The zero-order valence-electron chi connectivity index (χ0n) is 30.6. The fraction of sp³-hybridized carbons (Fsp3) is 0.791. The van der Waals surface area contributed by atoms with Gasteiger partial charge in [-0.25, -0.2) is 9.13 Å². The normalized spacial score (nSPS) is 11.5. The van der Waals surface area contributed by atoms with Crippen LogP contribution in [-0.4, -0.2) is 4.57 Å². The highest BCUT2D eigenvalue weighted by Gasteiger charge is 2.18. The minimum atomic E-state index is 1.15. The molecule has 2 heteroatoms. The third kappa shape index (κ3) is 21.0. The first-order chi connectivity index (χ1) is 22.4. The first kappa shape index (κ1) is 39.6. The van der Waals surface area contributed by atoms with Crippen molar-refractivity contribution in [3.05, 3.63) is 42.7 Å². The van der Waals surface area contributed by atoms with Crippen molar-refractivity contribution in [3.8, 4) is 11.4 Å². The number of aromatic nitrogens is 2. The van der Waals surface area contributed by atoms with E-state index in [1.807, 2.05) is 0 Å². The molecular weight excluding hydrogens is 544 g/mol. The van der Waals surface area contributed by atoms with Gasteiger partial charge in [0.05, 0.1) is 18.7 Å². The average Bonchev–Trinajstić information content (AvgIpc) is 3.47. The van der Waals surface area contributed by atoms with Gasteiger partial charge in [-0.1, -0.05) is 199 Å². The summed E-state index contributed by atoms with van der Waals surface area (Å²) >= 11 is 0. The molecule has 0 saturated carbocycles. The molecule has 0 radical (unpaired) electrons. The van der Waals surface area contributed by atoms with Crippen LogP contribution in [0.2, 0.25) is 0 Å². The van der Waals surface area contributed by atoms with Gasteiger partial charge in [0.2, 0.25) is 0 Å². The maximum absolute atomic E-state index is 2.53. The van der Waals surface area contributed by atoms with Crippen molar-refractivity contribution in [2.24, 2.45) is 0 Å². The van der Waals surface area contributed by atoms with Gasteiger partial charge in [-0.2, -0.15) is 0 Å². The van der Waals surface area contributed by atoms with Crippen LogP contribution in [0.3, 0.4) is 0 Å². The van der Waals surface area contributed by atoms with E-state index in [0.29, 0.717) is 0 Å². The molecule has 0 saturated heterocycles. The van der Waals surface area contributed by atoms with E-state index in [1.165, 1.54) is 204 Å². The largest absolute Gasteiger partial charge is 0.288 e. The quantitative estimate of drug-likeness (QED) is 0.0554. The van der Waals surface area contributed by atoms with E-state index in [0.717, 1.165) is 13.1 Å². The van der Waals surface area contributed by atoms with Crippen molar-refractivity contribution >= 4 is 0 Å². The number of rotatable bonds is 33. The molecule has 2 aromatic rings. The van der Waals surface area contributed by atoms with Crippen LogP contribution in [0.1, 0.15) is 206 Å². The summed E-state index contributed by atoms with van der Waals surface area (Å²) < 4.78 is 5.06. The Labute approximate surface area is 282 Å². The second-order valence-electron chi connectivity index (χ2n) is 14.3. The van der Waals surface area contributed by atoms with Crippen molar-refractivity contribution in [1.82, 2.24) is 4.57 Å². The zero-order valence-corrected chi connectivity index (χ0v) is 30.6. The minimum Gasteiger partial charge on any atom is -0.230 e. The molecule has 0 amide bonds. The molecule has 0 bridgehead atoms. The molecule has 45 heavy (non-hydrogen) atoms. The van der Waals surface area contributed by atoms with Crippen molar-refractivity contribution in [3.63, 3.8) is 0 Å². The van der Waals surface area contributed by atoms with Gasteiger partial charge < -0.3 is 0 Å². The molecule has 0 unspecified atom stereocenters. The summed E-state index contributed by atoms with van der Waals surface area (Å²) in [6.07, 6.45) is 47.5. The number of nitrogens with zero attached hydrogens (tertiary/aromatic N) is 2. The summed E-state index contributed by atoms with van der Waals surface area (Å²) in [6.45, 7) is 6.91. The van der Waals surface area contributed by atoms with Crippen LogP contribution in [-0.2, 0) is 13.1 Å². The van der Waals surface area contributed by atoms with Gasteiger partial charge in [0.15, 0.2) is 0 Å². The van der Waals surface area contributed by atoms with Gasteiger partial charge in [-0.3, -0.25) is 0 Å². The van der Waals surface area contributed by atoms with Crippen LogP contribution in [0.15, 0.2) is 42.7 Å². The van der Waals surface area contributed by atoms with Crippen molar-refractivity contribution in [2.45, 2.75) is 220 Å². The number of hydrogen-bond donors (Lipinski definition) is 0. The fourth-order valence-electron chi connectivity index (χ4n) is 7.05. The third-order valence-corrected chi connectivity index (χ3v) is 10.0. The zero-order chi connectivity index (χ0) is 31.9. The van der Waals surface area contributed by atoms with Crippen LogP contribution >= 0.6 is 0 Å². The van der Waals surface area contributed by atoms with Gasteiger partial charge in [0.25, 0.3) is 5.82 Å². The molecule has 2 rings (SSSR count). The molecule has 0 N–H and O–H groups in total. The van der Waals surface area contributed by atoms with Crippen LogP contribution in [0.4, 0.5) is 0 Å².